The number of nitrogens with zero attached hydrogens (tertiary/aromatic N) is 3. The predicted octanol–water partition coefficient (Wildman–Crippen LogP) is 7.52. The Morgan fingerprint density at radius 3 is 1.57 bits per heavy atom. The van der Waals surface area contributed by atoms with Crippen LogP contribution in [0, 0.1) is 99.1 Å². The summed E-state index contributed by atoms with van der Waals surface area (Å²) in [6.07, 6.45) is 0. The first kappa shape index (κ1) is 32.3. The fourth-order valence-corrected chi connectivity index (χ4v) is 5.17. The number of rotatable bonds is 3. The van der Waals surface area contributed by atoms with Crippen molar-refractivity contribution in [2.75, 3.05) is 0 Å². The van der Waals surface area contributed by atoms with E-state index in [1.807, 2.05) is 0 Å². The minimum absolute atomic E-state index is 0.295. The van der Waals surface area contributed by atoms with Crippen molar-refractivity contribution in [1.82, 2.24) is 0 Å². The number of hydrogen-bond acceptors (Lipinski definition) is 3. The Hall–Kier alpha value is -6.13. The number of fused-ring (bicyclic) bond motifs is 1. The van der Waals surface area contributed by atoms with Gasteiger partial charge in [-0.3, -0.25) is 0 Å². The van der Waals surface area contributed by atoms with E-state index in [1.165, 1.54) is 24.3 Å². The second-order valence-corrected chi connectivity index (χ2v) is 9.86. The van der Waals surface area contributed by atoms with E-state index in [0.717, 1.165) is 43.3 Å². The number of benzene rings is 5. The van der Waals surface area contributed by atoms with E-state index in [4.69, 9.17) is 5.26 Å². The van der Waals surface area contributed by atoms with Crippen LogP contribution in [0.1, 0.15) is 22.3 Å². The molecule has 13 heteroatoms. The highest BCUT2D eigenvalue weighted by atomic mass is 19.2. The third-order valence-corrected chi connectivity index (χ3v) is 7.37. The van der Waals surface area contributed by atoms with Gasteiger partial charge in [0.2, 0.25) is 0 Å². The molecule has 0 radical (unpaired) electrons. The molecule has 5 aromatic carbocycles. The summed E-state index contributed by atoms with van der Waals surface area (Å²) in [5.41, 5.74) is -9.33. The lowest BCUT2D eigenvalue weighted by molar-refractivity contribution is 0.442. The van der Waals surface area contributed by atoms with Gasteiger partial charge in [-0.15, -0.1) is 0 Å². The summed E-state index contributed by atoms with van der Waals surface area (Å²) in [7, 11) is 0. The lowest BCUT2D eigenvalue weighted by Gasteiger charge is -2.15. The summed E-state index contributed by atoms with van der Waals surface area (Å²) < 4.78 is 149. The van der Waals surface area contributed by atoms with Crippen molar-refractivity contribution >= 4 is 21.9 Å². The molecular weight excluding hydrogens is 640 g/mol. The Bertz CT molecular complexity index is 2410. The van der Waals surface area contributed by atoms with Gasteiger partial charge in [-0.25, -0.2) is 43.9 Å². The molecule has 0 N–H and O–H groups in total. The molecule has 0 saturated heterocycles. The molecule has 0 aliphatic heterocycles. The van der Waals surface area contributed by atoms with Crippen LogP contribution in [0.25, 0.3) is 33.0 Å². The van der Waals surface area contributed by atoms with Gasteiger partial charge in [0.1, 0.15) is 35.4 Å². The smallest absolute Gasteiger partial charge is 0.180 e. The maximum atomic E-state index is 15.4. The summed E-state index contributed by atoms with van der Waals surface area (Å²) in [5, 5.41) is 27.3. The Balaban J connectivity index is 2.18. The number of hydrogen-bond donors (Lipinski definition) is 0. The fraction of sp³-hybridized carbons (Fsp3) is 0.0294. The lowest BCUT2D eigenvalue weighted by Crippen LogP contribution is -2.22. The van der Waals surface area contributed by atoms with Gasteiger partial charge >= 0.3 is 0 Å². The molecular formula is C34H11F10N3. The second kappa shape index (κ2) is 12.0. The molecule has 0 heterocycles. The van der Waals surface area contributed by atoms with E-state index < -0.39 is 113 Å². The van der Waals surface area contributed by atoms with Crippen LogP contribution in [0.4, 0.5) is 43.9 Å². The SMILES string of the molecule is Cc1c(F)c(F)c(/C(C#N)=c2/c(-c3ccc(F)cc3F)c/c(=C(/C#N)c3c(F)c(F)c(C#N)c(F)c3F)c3ccccc23)c(F)c1F. The summed E-state index contributed by atoms with van der Waals surface area (Å²) in [6, 6.07) is 11.2. The minimum atomic E-state index is -2.15. The van der Waals surface area contributed by atoms with E-state index in [0.29, 0.717) is 6.07 Å². The molecule has 0 atom stereocenters. The van der Waals surface area contributed by atoms with Gasteiger partial charge in [0.05, 0.1) is 22.3 Å². The minimum Gasteiger partial charge on any atom is -0.207 e. The molecule has 0 unspecified atom stereocenters. The zero-order valence-corrected chi connectivity index (χ0v) is 23.2. The maximum absolute atomic E-state index is 15.4. The van der Waals surface area contributed by atoms with Crippen LogP contribution < -0.4 is 10.4 Å². The largest absolute Gasteiger partial charge is 0.207 e. The van der Waals surface area contributed by atoms with Crippen molar-refractivity contribution in [2.24, 2.45) is 0 Å². The molecule has 0 aliphatic rings. The van der Waals surface area contributed by atoms with Crippen LogP contribution in [0.2, 0.25) is 0 Å². The summed E-state index contributed by atoms with van der Waals surface area (Å²) in [6.45, 7) is 0.725. The molecule has 3 nitrogen and oxygen atoms in total. The zero-order chi connectivity index (χ0) is 34.5. The van der Waals surface area contributed by atoms with Crippen molar-refractivity contribution in [2.45, 2.75) is 6.92 Å². The average Bonchev–Trinajstić information content (AvgIpc) is 3.06. The van der Waals surface area contributed by atoms with Gasteiger partial charge in [-0.05, 0) is 41.5 Å². The monoisotopic (exact) mass is 651 g/mol. The molecule has 232 valence electrons. The predicted molar refractivity (Wildman–Crippen MR) is 147 cm³/mol. The van der Waals surface area contributed by atoms with E-state index in [1.54, 1.807) is 0 Å². The van der Waals surface area contributed by atoms with Crippen molar-refractivity contribution in [3.8, 4) is 29.3 Å². The summed E-state index contributed by atoms with van der Waals surface area (Å²) >= 11 is 0. The Morgan fingerprint density at radius 2 is 1.06 bits per heavy atom. The molecule has 0 spiro atoms. The number of halogens is 10. The molecule has 5 aromatic rings. The lowest BCUT2D eigenvalue weighted by atomic mass is 9.88. The van der Waals surface area contributed by atoms with E-state index >= 15 is 22.0 Å². The van der Waals surface area contributed by atoms with Crippen LogP contribution in [0.5, 0.6) is 0 Å². The molecule has 0 aromatic heterocycles. The van der Waals surface area contributed by atoms with Crippen molar-refractivity contribution in [3.63, 3.8) is 0 Å². The third-order valence-electron chi connectivity index (χ3n) is 7.37. The maximum Gasteiger partial charge on any atom is 0.180 e. The second-order valence-electron chi connectivity index (χ2n) is 9.86. The summed E-state index contributed by atoms with van der Waals surface area (Å²) in [5.74, 6) is -18.8. The Labute approximate surface area is 257 Å². The van der Waals surface area contributed by atoms with Crippen molar-refractivity contribution < 1.29 is 43.9 Å². The van der Waals surface area contributed by atoms with Gasteiger partial charge < -0.3 is 0 Å². The van der Waals surface area contributed by atoms with E-state index in [2.05, 4.69) is 0 Å². The third kappa shape index (κ3) is 4.91. The van der Waals surface area contributed by atoms with Crippen molar-refractivity contribution in [3.05, 3.63) is 139 Å². The molecule has 0 aliphatic carbocycles. The van der Waals surface area contributed by atoms with Crippen LogP contribution >= 0.6 is 0 Å². The normalized spacial score (nSPS) is 12.3. The van der Waals surface area contributed by atoms with E-state index in [9.17, 15) is 32.5 Å². The van der Waals surface area contributed by atoms with Crippen LogP contribution in [-0.2, 0) is 0 Å². The molecule has 0 fully saturated rings. The quantitative estimate of drug-likeness (QED) is 0.150. The zero-order valence-electron chi connectivity index (χ0n) is 23.2. The average molecular weight is 651 g/mol. The highest BCUT2D eigenvalue weighted by Crippen LogP contribution is 2.32. The Morgan fingerprint density at radius 1 is 0.553 bits per heavy atom. The Kier molecular flexibility index (Phi) is 8.23. The first-order valence-corrected chi connectivity index (χ1v) is 13.0. The van der Waals surface area contributed by atoms with Crippen LogP contribution in [-0.4, -0.2) is 0 Å². The highest BCUT2D eigenvalue weighted by Gasteiger charge is 2.30. The molecule has 0 bridgehead atoms. The number of nitriles is 3. The van der Waals surface area contributed by atoms with Gasteiger partial charge in [0.25, 0.3) is 0 Å². The fourth-order valence-electron chi connectivity index (χ4n) is 5.17. The molecule has 47 heavy (non-hydrogen) atoms. The molecule has 0 saturated carbocycles. The van der Waals surface area contributed by atoms with Gasteiger partial charge in [0, 0.05) is 27.6 Å². The van der Waals surface area contributed by atoms with Crippen molar-refractivity contribution in [1.29, 1.82) is 15.8 Å². The topological polar surface area (TPSA) is 71.4 Å². The van der Waals surface area contributed by atoms with E-state index in [-0.39, 0.29) is 10.8 Å². The first-order valence-electron chi connectivity index (χ1n) is 13.0. The van der Waals surface area contributed by atoms with Crippen LogP contribution in [0.15, 0.2) is 48.5 Å². The van der Waals surface area contributed by atoms with Gasteiger partial charge in [0.15, 0.2) is 46.5 Å². The standard InChI is InChI=1S/C34H11F10N3/c1-13-27(37)31(41)26(32(42)28(13)38)21(11-46)24-17-5-3-2-4-15(17)18(9-19(24)16-7-6-14(35)8-23(16)36)20(10-45)25-33(43)29(39)22(12-47)30(40)34(25)44/h2-9H,1H3/b20-18+,24-21+. The first-order chi connectivity index (χ1) is 22.3. The van der Waals surface area contributed by atoms with Gasteiger partial charge in [-0.1, -0.05) is 24.3 Å². The van der Waals surface area contributed by atoms with Crippen LogP contribution in [0.3, 0.4) is 0 Å². The molecule has 5 rings (SSSR count). The molecule has 0 amide bonds. The van der Waals surface area contributed by atoms with Gasteiger partial charge in [-0.2, -0.15) is 15.8 Å². The summed E-state index contributed by atoms with van der Waals surface area (Å²) in [4.78, 5) is 0. The highest BCUT2D eigenvalue weighted by molar-refractivity contribution is 5.98.